The zero-order chi connectivity index (χ0) is 39.8. The minimum absolute atomic E-state index is 0.182. The van der Waals surface area contributed by atoms with Crippen molar-refractivity contribution in [3.8, 4) is 0 Å². The first-order valence-corrected chi connectivity index (χ1v) is 20.8. The Bertz CT molecular complexity index is 1740. The minimum atomic E-state index is -0.350. The molecule has 0 radical (unpaired) electrons. The van der Waals surface area contributed by atoms with Crippen LogP contribution in [-0.2, 0) is 4.79 Å². The molecule has 0 bridgehead atoms. The van der Waals surface area contributed by atoms with Crippen LogP contribution in [0.5, 0.6) is 0 Å². The molecule has 6 rings (SSSR count). The summed E-state index contributed by atoms with van der Waals surface area (Å²) in [5.41, 5.74) is 4.04. The van der Waals surface area contributed by atoms with Gasteiger partial charge in [0.05, 0.1) is 11.8 Å². The van der Waals surface area contributed by atoms with Gasteiger partial charge < -0.3 is 31.1 Å². The molecule has 2 atom stereocenters. The van der Waals surface area contributed by atoms with Crippen LogP contribution in [0.3, 0.4) is 0 Å². The molecule has 2 fully saturated rings. The third-order valence-corrected chi connectivity index (χ3v) is 11.8. The van der Waals surface area contributed by atoms with Gasteiger partial charge in [-0.2, -0.15) is 9.97 Å². The quantitative estimate of drug-likeness (QED) is 0.0889. The van der Waals surface area contributed by atoms with Gasteiger partial charge in [-0.05, 0) is 101 Å². The van der Waals surface area contributed by atoms with Crippen LogP contribution < -0.4 is 31.1 Å². The molecular formula is C43H58Cl2N10O. The first-order chi connectivity index (χ1) is 26.9. The maximum absolute atomic E-state index is 14.9. The van der Waals surface area contributed by atoms with Crippen LogP contribution in [0.25, 0.3) is 0 Å². The molecule has 13 heteroatoms. The first kappa shape index (κ1) is 41.6. The van der Waals surface area contributed by atoms with Crippen LogP contribution in [0.2, 0.25) is 10.0 Å². The average molecular weight is 802 g/mol. The zero-order valence-electron chi connectivity index (χ0n) is 33.7. The van der Waals surface area contributed by atoms with Gasteiger partial charge in [0.2, 0.25) is 11.9 Å². The summed E-state index contributed by atoms with van der Waals surface area (Å²) in [5, 5.41) is 16.1. The number of ketones is 1. The number of anilines is 4. The minimum Gasteiger partial charge on any atom is -0.362 e. The van der Waals surface area contributed by atoms with E-state index in [1.807, 2.05) is 113 Å². The molecule has 0 amide bonds. The summed E-state index contributed by atoms with van der Waals surface area (Å²) in [7, 11) is 8.00. The normalized spacial score (nSPS) is 20.9. The van der Waals surface area contributed by atoms with Crippen molar-refractivity contribution in [2.75, 3.05) is 61.7 Å². The maximum Gasteiger partial charge on any atom is 0.224 e. The van der Waals surface area contributed by atoms with E-state index >= 15 is 0 Å². The lowest BCUT2D eigenvalue weighted by atomic mass is 9.82. The smallest absolute Gasteiger partial charge is 0.224 e. The van der Waals surface area contributed by atoms with Crippen molar-refractivity contribution < 1.29 is 4.79 Å². The molecule has 2 aromatic heterocycles. The van der Waals surface area contributed by atoms with Crippen LogP contribution >= 0.6 is 23.2 Å². The largest absolute Gasteiger partial charge is 0.362 e. The van der Waals surface area contributed by atoms with Crippen molar-refractivity contribution in [3.05, 3.63) is 93.2 Å². The summed E-state index contributed by atoms with van der Waals surface area (Å²) in [6, 6.07) is 16.7. The van der Waals surface area contributed by atoms with Gasteiger partial charge in [-0.25, -0.2) is 9.97 Å². The lowest BCUT2D eigenvalue weighted by Gasteiger charge is -2.33. The van der Waals surface area contributed by atoms with E-state index in [9.17, 15) is 4.79 Å². The maximum atomic E-state index is 14.9. The predicted octanol–water partition coefficient (Wildman–Crippen LogP) is 7.78. The molecule has 0 saturated heterocycles. The molecule has 2 saturated carbocycles. The van der Waals surface area contributed by atoms with E-state index in [2.05, 4.69) is 31.2 Å². The third-order valence-electron chi connectivity index (χ3n) is 11.3. The fraction of sp³-hybridized carbons (Fsp3) is 0.512. The van der Waals surface area contributed by atoms with Crippen molar-refractivity contribution in [1.82, 2.24) is 30.6 Å². The van der Waals surface area contributed by atoms with Gasteiger partial charge in [-0.3, -0.25) is 4.79 Å². The Morgan fingerprint density at radius 2 is 0.946 bits per heavy atom. The Hall–Kier alpha value is -4.03. The van der Waals surface area contributed by atoms with Gasteiger partial charge >= 0.3 is 0 Å². The molecule has 300 valence electrons. The SMILES string of the molecule is Cc1cnc(N[C@H]2CC[C@@H](NCC(C(=O)C(CN[C@H]3CC[C@@H](Nc4ncc(C)c(N(C)C)n4)CC3)c3ccc(Cl)cc3)c3ccc(Cl)cc3)CC2)nc1N(C)C. The van der Waals surface area contributed by atoms with Gasteiger partial charge in [-0.15, -0.1) is 0 Å². The van der Waals surface area contributed by atoms with Crippen LogP contribution in [0.1, 0.15) is 85.5 Å². The Labute approximate surface area is 342 Å². The fourth-order valence-corrected chi connectivity index (χ4v) is 8.38. The Morgan fingerprint density at radius 1 is 0.607 bits per heavy atom. The molecule has 11 nitrogen and oxygen atoms in total. The Morgan fingerprint density at radius 3 is 1.29 bits per heavy atom. The molecule has 2 heterocycles. The van der Waals surface area contributed by atoms with Crippen LogP contribution in [0, 0.1) is 13.8 Å². The second kappa shape index (κ2) is 19.4. The number of carbonyl (C=O) groups excluding carboxylic acids is 1. The van der Waals surface area contributed by atoms with Gasteiger partial charge in [0.15, 0.2) is 0 Å². The molecular weight excluding hydrogens is 743 g/mol. The summed E-state index contributed by atoms with van der Waals surface area (Å²) in [6.07, 6.45) is 11.7. The highest BCUT2D eigenvalue weighted by Crippen LogP contribution is 2.31. The number of carbonyl (C=O) groups is 1. The number of benzene rings is 2. The number of nitrogens with one attached hydrogen (secondary N) is 4. The summed E-state index contributed by atoms with van der Waals surface area (Å²) < 4.78 is 0. The van der Waals surface area contributed by atoms with Crippen molar-refractivity contribution in [2.45, 2.75) is 101 Å². The second-order valence-corrected chi connectivity index (χ2v) is 16.9. The number of aryl methyl sites for hydroxylation is 2. The molecule has 56 heavy (non-hydrogen) atoms. The van der Waals surface area contributed by atoms with Gasteiger partial charge in [0, 0.05) is 99.0 Å². The van der Waals surface area contributed by atoms with Gasteiger partial charge in [-0.1, -0.05) is 47.5 Å². The average Bonchev–Trinajstić information content (AvgIpc) is 3.19. The van der Waals surface area contributed by atoms with Crippen molar-refractivity contribution in [2.24, 2.45) is 0 Å². The summed E-state index contributed by atoms with van der Waals surface area (Å²) in [6.45, 7) is 5.16. The molecule has 0 aliphatic heterocycles. The van der Waals surface area contributed by atoms with E-state index in [0.29, 0.717) is 59.2 Å². The number of nitrogens with zero attached hydrogens (tertiary/aromatic N) is 6. The van der Waals surface area contributed by atoms with Crippen molar-refractivity contribution in [3.63, 3.8) is 0 Å². The predicted molar refractivity (Wildman–Crippen MR) is 231 cm³/mol. The van der Waals surface area contributed by atoms with Crippen LogP contribution in [0.4, 0.5) is 23.5 Å². The van der Waals surface area contributed by atoms with Crippen LogP contribution in [-0.4, -0.2) is 91.2 Å². The first-order valence-electron chi connectivity index (χ1n) is 20.0. The number of rotatable bonds is 16. The molecule has 2 aliphatic carbocycles. The molecule has 2 unspecified atom stereocenters. The van der Waals surface area contributed by atoms with E-state index in [0.717, 1.165) is 85.3 Å². The second-order valence-electron chi connectivity index (χ2n) is 16.0. The highest BCUT2D eigenvalue weighted by molar-refractivity contribution is 6.30. The monoisotopic (exact) mass is 800 g/mol. The number of hydrogen-bond donors (Lipinski definition) is 4. The Balaban J connectivity index is 1.09. The van der Waals surface area contributed by atoms with E-state index in [4.69, 9.17) is 33.2 Å². The number of hydrogen-bond acceptors (Lipinski definition) is 11. The molecule has 2 aliphatic rings. The number of halogens is 2. The fourth-order valence-electron chi connectivity index (χ4n) is 8.13. The standard InChI is InChI=1S/C43H58Cl2N10O/c1-27-23-48-42(52-40(27)54(3)4)50-35-19-15-33(16-20-35)46-25-37(29-7-11-31(44)12-8-29)39(56)38(30-9-13-32(45)14-10-30)26-47-34-17-21-36(22-18-34)51-43-49-24-28(2)41(53-43)55(5)6/h7-14,23-24,33-38,46-47H,15-22,25-26H2,1-6H3,(H,48,50,52)(H,49,51,53)/t33-,34-,35+,36+,37?,38?. The molecule has 4 aromatic rings. The highest BCUT2D eigenvalue weighted by atomic mass is 35.5. The van der Waals surface area contributed by atoms with Crippen molar-refractivity contribution >= 4 is 52.5 Å². The number of aromatic nitrogens is 4. The van der Waals surface area contributed by atoms with E-state index in [-0.39, 0.29) is 17.6 Å². The lowest BCUT2D eigenvalue weighted by molar-refractivity contribution is -0.121. The third kappa shape index (κ3) is 11.1. The Kier molecular flexibility index (Phi) is 14.4. The van der Waals surface area contributed by atoms with E-state index in [1.54, 1.807) is 0 Å². The van der Waals surface area contributed by atoms with E-state index in [1.165, 1.54) is 0 Å². The van der Waals surface area contributed by atoms with Gasteiger partial charge in [0.25, 0.3) is 0 Å². The summed E-state index contributed by atoms with van der Waals surface area (Å²) in [5.74, 6) is 2.68. The summed E-state index contributed by atoms with van der Waals surface area (Å²) in [4.78, 5) is 37.5. The molecule has 4 N–H and O–H groups in total. The molecule has 0 spiro atoms. The lowest BCUT2D eigenvalue weighted by Crippen LogP contribution is -2.43. The zero-order valence-corrected chi connectivity index (χ0v) is 35.2. The number of Topliss-reactive ketones (excluding diaryl/α,β-unsaturated/α-hetero) is 1. The van der Waals surface area contributed by atoms with E-state index < -0.39 is 0 Å². The summed E-state index contributed by atoms with van der Waals surface area (Å²) >= 11 is 12.7. The van der Waals surface area contributed by atoms with Crippen LogP contribution in [0.15, 0.2) is 60.9 Å². The highest BCUT2D eigenvalue weighted by Gasteiger charge is 2.32. The molecule has 2 aromatic carbocycles. The van der Waals surface area contributed by atoms with Gasteiger partial charge in [0.1, 0.15) is 17.4 Å². The topological polar surface area (TPSA) is 123 Å². The van der Waals surface area contributed by atoms with Crippen molar-refractivity contribution in [1.29, 1.82) is 0 Å².